The van der Waals surface area contributed by atoms with Crippen molar-refractivity contribution in [3.63, 3.8) is 0 Å². The van der Waals surface area contributed by atoms with Crippen molar-refractivity contribution in [2.75, 3.05) is 0 Å². The third kappa shape index (κ3) is 4.48. The summed E-state index contributed by atoms with van der Waals surface area (Å²) in [4.78, 5) is 4.02. The van der Waals surface area contributed by atoms with Crippen LogP contribution in [0.15, 0.2) is 194 Å². The lowest BCUT2D eigenvalue weighted by Crippen LogP contribution is -2.01. The van der Waals surface area contributed by atoms with E-state index in [9.17, 15) is 0 Å². The standard InChI is InChI=1S/C55H32N4S/c1-56-34-27-28-38(36-17-5-10-22-44(36)58-47-25-13-8-21-43(47)53-49(58)32-30-41-39-19-9-14-26-51(39)60-55(41)53)50(33-34)59-45-23-11-6-18-37(45)40-29-31-48-52(54(40)59)42-20-7-12-24-46(42)57(48)35-15-3-2-4-16-35/h2-33H. The minimum atomic E-state index is 0.597. The van der Waals surface area contributed by atoms with Gasteiger partial charge >= 0.3 is 0 Å². The molecule has 5 heteroatoms. The van der Waals surface area contributed by atoms with Crippen LogP contribution in [-0.2, 0) is 0 Å². The van der Waals surface area contributed by atoms with Crippen LogP contribution in [0.5, 0.6) is 0 Å². The molecule has 0 aliphatic carbocycles. The number of hydrogen-bond donors (Lipinski definition) is 0. The van der Waals surface area contributed by atoms with Crippen LogP contribution in [-0.4, -0.2) is 13.7 Å². The number of rotatable bonds is 4. The van der Waals surface area contributed by atoms with E-state index in [0.717, 1.165) is 55.8 Å². The maximum absolute atomic E-state index is 8.26. The van der Waals surface area contributed by atoms with Gasteiger partial charge in [-0.1, -0.05) is 133 Å². The van der Waals surface area contributed by atoms with Crippen LogP contribution >= 0.6 is 11.3 Å². The van der Waals surface area contributed by atoms with Crippen molar-refractivity contribution < 1.29 is 0 Å². The average molecular weight is 781 g/mol. The Morgan fingerprint density at radius 1 is 0.383 bits per heavy atom. The van der Waals surface area contributed by atoms with Crippen LogP contribution in [0.1, 0.15) is 0 Å². The Morgan fingerprint density at radius 3 is 1.75 bits per heavy atom. The molecular weight excluding hydrogens is 749 g/mol. The van der Waals surface area contributed by atoms with E-state index in [0.29, 0.717) is 5.69 Å². The first-order valence-corrected chi connectivity index (χ1v) is 21.0. The van der Waals surface area contributed by atoms with Gasteiger partial charge in [0.25, 0.3) is 0 Å². The molecule has 4 aromatic heterocycles. The van der Waals surface area contributed by atoms with Gasteiger partial charge in [-0.2, -0.15) is 0 Å². The fourth-order valence-corrected chi connectivity index (χ4v) is 11.3. The topological polar surface area (TPSA) is 19.1 Å². The van der Waals surface area contributed by atoms with Crippen LogP contribution in [0.2, 0.25) is 0 Å². The smallest absolute Gasteiger partial charge is 0.189 e. The summed E-state index contributed by atoms with van der Waals surface area (Å²) in [6.07, 6.45) is 0. The average Bonchev–Trinajstić information content (AvgIpc) is 4.05. The van der Waals surface area contributed by atoms with Gasteiger partial charge < -0.3 is 13.7 Å². The Morgan fingerprint density at radius 2 is 0.967 bits per heavy atom. The van der Waals surface area contributed by atoms with Crippen LogP contribution < -0.4 is 0 Å². The highest BCUT2D eigenvalue weighted by atomic mass is 32.1. The second-order valence-electron chi connectivity index (χ2n) is 15.5. The quantitative estimate of drug-likeness (QED) is 0.159. The Kier molecular flexibility index (Phi) is 6.92. The van der Waals surface area contributed by atoms with Gasteiger partial charge in [-0.3, -0.25) is 0 Å². The number of hydrogen-bond acceptors (Lipinski definition) is 1. The van der Waals surface area contributed by atoms with Crippen LogP contribution in [0, 0.1) is 6.57 Å². The highest BCUT2D eigenvalue weighted by Crippen LogP contribution is 2.47. The van der Waals surface area contributed by atoms with Gasteiger partial charge in [0.15, 0.2) is 5.69 Å². The van der Waals surface area contributed by atoms with E-state index in [1.165, 1.54) is 58.0 Å². The second kappa shape index (κ2) is 12.5. The van der Waals surface area contributed by atoms with E-state index in [1.807, 2.05) is 17.4 Å². The Hall–Kier alpha value is -7.91. The first-order chi connectivity index (χ1) is 29.8. The van der Waals surface area contributed by atoms with Gasteiger partial charge in [0, 0.05) is 75.0 Å². The first kappa shape index (κ1) is 33.1. The minimum Gasteiger partial charge on any atom is -0.309 e. The molecule has 0 saturated carbocycles. The molecule has 0 N–H and O–H groups in total. The molecule has 0 aliphatic heterocycles. The molecule has 13 rings (SSSR count). The van der Waals surface area contributed by atoms with Crippen molar-refractivity contribution in [3.8, 4) is 28.2 Å². The molecule has 0 unspecified atom stereocenters. The summed E-state index contributed by atoms with van der Waals surface area (Å²) in [6, 6.07) is 69.8. The predicted octanol–water partition coefficient (Wildman–Crippen LogP) is 15.6. The van der Waals surface area contributed by atoms with Crippen LogP contribution in [0.4, 0.5) is 5.69 Å². The number of nitrogens with zero attached hydrogens (tertiary/aromatic N) is 4. The number of thiophene rings is 1. The van der Waals surface area contributed by atoms with E-state index in [1.54, 1.807) is 0 Å². The van der Waals surface area contributed by atoms with E-state index >= 15 is 0 Å². The largest absolute Gasteiger partial charge is 0.309 e. The molecule has 0 bridgehead atoms. The lowest BCUT2D eigenvalue weighted by molar-refractivity contribution is 1.16. The summed E-state index contributed by atoms with van der Waals surface area (Å²) in [5.74, 6) is 0. The molecule has 0 amide bonds. The molecule has 4 nitrogen and oxygen atoms in total. The van der Waals surface area contributed by atoms with E-state index < -0.39 is 0 Å². The fraction of sp³-hybridized carbons (Fsp3) is 0. The Balaban J connectivity index is 1.15. The molecule has 13 aromatic rings. The van der Waals surface area contributed by atoms with Crippen molar-refractivity contribution in [1.82, 2.24) is 13.7 Å². The summed E-state index contributed by atoms with van der Waals surface area (Å²) in [5.41, 5.74) is 12.8. The van der Waals surface area contributed by atoms with Crippen LogP contribution in [0.3, 0.4) is 0 Å². The third-order valence-corrected chi connectivity index (χ3v) is 13.7. The number of aromatic nitrogens is 3. The van der Waals surface area contributed by atoms with E-state index in [-0.39, 0.29) is 0 Å². The van der Waals surface area contributed by atoms with Gasteiger partial charge in [0.05, 0.1) is 45.4 Å². The maximum Gasteiger partial charge on any atom is 0.189 e. The molecule has 278 valence electrons. The predicted molar refractivity (Wildman–Crippen MR) is 254 cm³/mol. The Labute approximate surface area is 348 Å². The Bertz CT molecular complexity index is 3960. The molecule has 0 spiro atoms. The molecule has 9 aromatic carbocycles. The van der Waals surface area contributed by atoms with Crippen molar-refractivity contribution in [2.45, 2.75) is 0 Å². The highest BCUT2D eigenvalue weighted by Gasteiger charge is 2.24. The third-order valence-electron chi connectivity index (χ3n) is 12.5. The zero-order chi connectivity index (χ0) is 39.5. The van der Waals surface area contributed by atoms with Gasteiger partial charge in [0.1, 0.15) is 0 Å². The monoisotopic (exact) mass is 780 g/mol. The summed E-state index contributed by atoms with van der Waals surface area (Å²) in [7, 11) is 0. The molecule has 4 heterocycles. The molecule has 0 radical (unpaired) electrons. The lowest BCUT2D eigenvalue weighted by atomic mass is 10.00. The van der Waals surface area contributed by atoms with Crippen molar-refractivity contribution in [1.29, 1.82) is 0 Å². The van der Waals surface area contributed by atoms with Gasteiger partial charge in [-0.05, 0) is 60.7 Å². The zero-order valence-electron chi connectivity index (χ0n) is 32.2. The minimum absolute atomic E-state index is 0.597. The normalized spacial score (nSPS) is 12.0. The molecule has 60 heavy (non-hydrogen) atoms. The van der Waals surface area contributed by atoms with Crippen molar-refractivity contribution in [3.05, 3.63) is 206 Å². The fourth-order valence-electron chi connectivity index (χ4n) is 10.0. The number of fused-ring (bicyclic) bond motifs is 14. The number of para-hydroxylation sites is 5. The molecule has 0 saturated heterocycles. The first-order valence-electron chi connectivity index (χ1n) is 20.2. The maximum atomic E-state index is 8.26. The molecule has 0 aliphatic rings. The van der Waals surface area contributed by atoms with Crippen molar-refractivity contribution in [2.24, 2.45) is 0 Å². The highest BCUT2D eigenvalue weighted by molar-refractivity contribution is 7.26. The summed E-state index contributed by atoms with van der Waals surface area (Å²) in [6.45, 7) is 8.26. The molecule has 0 fully saturated rings. The van der Waals surface area contributed by atoms with E-state index in [2.05, 4.69) is 207 Å². The second-order valence-corrected chi connectivity index (χ2v) is 16.6. The van der Waals surface area contributed by atoms with Gasteiger partial charge in [-0.25, -0.2) is 4.85 Å². The summed E-state index contributed by atoms with van der Waals surface area (Å²) < 4.78 is 9.88. The van der Waals surface area contributed by atoms with Gasteiger partial charge in [0.2, 0.25) is 0 Å². The van der Waals surface area contributed by atoms with E-state index in [4.69, 9.17) is 6.57 Å². The number of benzene rings is 9. The zero-order valence-corrected chi connectivity index (χ0v) is 33.0. The van der Waals surface area contributed by atoms with Crippen molar-refractivity contribution >= 4 is 103 Å². The summed E-state index contributed by atoms with van der Waals surface area (Å²) >= 11 is 1.88. The van der Waals surface area contributed by atoms with Crippen LogP contribution in [0.25, 0.3) is 119 Å². The molecule has 0 atom stereocenters. The molecular formula is C55H32N4S. The lowest BCUT2D eigenvalue weighted by Gasteiger charge is -2.19. The van der Waals surface area contributed by atoms with Gasteiger partial charge in [-0.15, -0.1) is 11.3 Å². The summed E-state index contributed by atoms with van der Waals surface area (Å²) in [5, 5.41) is 9.84. The SMILES string of the molecule is [C-]#[N+]c1ccc(-c2ccccc2-n2c3ccccc3c3c4sc5ccccc5c4ccc32)c(-n2c3ccccc3c3ccc4c(c5ccccc5n4-c4ccccc4)c32)c1.